The quantitative estimate of drug-likeness (QED) is 0.733. The lowest BCUT2D eigenvalue weighted by molar-refractivity contribution is -0.120. The summed E-state index contributed by atoms with van der Waals surface area (Å²) in [5.41, 5.74) is 6.26. The van der Waals surface area contributed by atoms with E-state index in [-0.39, 0.29) is 29.0 Å². The maximum absolute atomic E-state index is 12.9. The van der Waals surface area contributed by atoms with E-state index in [1.807, 2.05) is 6.92 Å². The fourth-order valence-electron chi connectivity index (χ4n) is 1.69. The van der Waals surface area contributed by atoms with Gasteiger partial charge in [0.25, 0.3) is 0 Å². The van der Waals surface area contributed by atoms with Gasteiger partial charge in [-0.1, -0.05) is 23.9 Å². The van der Waals surface area contributed by atoms with Gasteiger partial charge in [0.05, 0.1) is 11.3 Å². The summed E-state index contributed by atoms with van der Waals surface area (Å²) < 4.78 is 12.9. The van der Waals surface area contributed by atoms with Crippen molar-refractivity contribution in [2.75, 3.05) is 5.73 Å². The molecule has 0 aliphatic rings. The molecule has 6 nitrogen and oxygen atoms in total. The third-order valence-electron chi connectivity index (χ3n) is 2.86. The maximum Gasteiger partial charge on any atom is 0.233 e. The number of amides is 1. The third kappa shape index (κ3) is 4.19. The largest absolute Gasteiger partial charge is 0.368 e. The van der Waals surface area contributed by atoms with Crippen LogP contribution in [0.1, 0.15) is 25.5 Å². The van der Waals surface area contributed by atoms with Gasteiger partial charge in [0, 0.05) is 0 Å². The molecule has 2 atom stereocenters. The highest BCUT2D eigenvalue weighted by atomic mass is 32.2. The Bertz CT molecular complexity index is 615. The Labute approximate surface area is 125 Å². The number of benzene rings is 1. The maximum atomic E-state index is 12.9. The summed E-state index contributed by atoms with van der Waals surface area (Å²) in [6.07, 6.45) is 0. The zero-order chi connectivity index (χ0) is 15.4. The topological polar surface area (TPSA) is 96.7 Å². The summed E-state index contributed by atoms with van der Waals surface area (Å²) in [6.45, 7) is 3.59. The molecule has 0 aliphatic carbocycles. The van der Waals surface area contributed by atoms with Crippen molar-refractivity contribution in [2.24, 2.45) is 0 Å². The standard InChI is InChI=1S/C13H16FN5OS/c1-7(9-3-5-10(14)6-4-9)16-11(20)8(2)21-13-17-12(15)18-19-13/h3-8H,1-2H3,(H,16,20)(H3,15,17,18,19)/t7-,8-/m0/s1. The first-order valence-corrected chi connectivity index (χ1v) is 7.24. The summed E-state index contributed by atoms with van der Waals surface area (Å²) >= 11 is 1.21. The molecule has 21 heavy (non-hydrogen) atoms. The summed E-state index contributed by atoms with van der Waals surface area (Å²) in [6, 6.07) is 5.82. The molecule has 0 spiro atoms. The number of hydrogen-bond acceptors (Lipinski definition) is 5. The molecule has 8 heteroatoms. The first kappa shape index (κ1) is 15.3. The predicted molar refractivity (Wildman–Crippen MR) is 79.1 cm³/mol. The van der Waals surface area contributed by atoms with E-state index in [1.54, 1.807) is 19.1 Å². The number of nitrogens with zero attached hydrogens (tertiary/aromatic N) is 2. The minimum absolute atomic E-state index is 0.153. The van der Waals surface area contributed by atoms with Crippen molar-refractivity contribution in [3.05, 3.63) is 35.6 Å². The summed E-state index contributed by atoms with van der Waals surface area (Å²) in [5, 5.41) is 9.29. The fourth-order valence-corrected chi connectivity index (χ4v) is 2.43. The second-order valence-electron chi connectivity index (χ2n) is 4.55. The molecule has 2 aromatic rings. The Morgan fingerprint density at radius 3 is 2.62 bits per heavy atom. The number of nitrogen functional groups attached to an aromatic ring is 1. The number of anilines is 1. The molecule has 0 saturated carbocycles. The number of H-pyrrole nitrogens is 1. The van der Waals surface area contributed by atoms with Crippen molar-refractivity contribution in [1.29, 1.82) is 0 Å². The van der Waals surface area contributed by atoms with Crippen LogP contribution < -0.4 is 11.1 Å². The van der Waals surface area contributed by atoms with Crippen LogP contribution in [0.5, 0.6) is 0 Å². The summed E-state index contributed by atoms with van der Waals surface area (Å²) in [7, 11) is 0. The van der Waals surface area contributed by atoms with E-state index in [4.69, 9.17) is 5.73 Å². The highest BCUT2D eigenvalue weighted by molar-refractivity contribution is 8.00. The van der Waals surface area contributed by atoms with Gasteiger partial charge >= 0.3 is 0 Å². The van der Waals surface area contributed by atoms with Crippen LogP contribution in [0.15, 0.2) is 29.4 Å². The lowest BCUT2D eigenvalue weighted by atomic mass is 10.1. The summed E-state index contributed by atoms with van der Waals surface area (Å²) in [4.78, 5) is 16.0. The third-order valence-corrected chi connectivity index (χ3v) is 3.82. The van der Waals surface area contributed by atoms with Crippen molar-refractivity contribution in [1.82, 2.24) is 20.5 Å². The van der Waals surface area contributed by atoms with Crippen LogP contribution in [-0.2, 0) is 4.79 Å². The second kappa shape index (κ2) is 6.57. The van der Waals surface area contributed by atoms with E-state index in [1.165, 1.54) is 23.9 Å². The van der Waals surface area contributed by atoms with E-state index in [0.717, 1.165) is 5.56 Å². The van der Waals surface area contributed by atoms with Gasteiger partial charge in [-0.25, -0.2) is 9.49 Å². The highest BCUT2D eigenvalue weighted by Crippen LogP contribution is 2.21. The van der Waals surface area contributed by atoms with Gasteiger partial charge in [0.1, 0.15) is 5.82 Å². The minimum Gasteiger partial charge on any atom is -0.368 e. The van der Waals surface area contributed by atoms with Gasteiger partial charge in [-0.3, -0.25) is 4.79 Å². The van der Waals surface area contributed by atoms with Gasteiger partial charge in [-0.05, 0) is 31.5 Å². The lowest BCUT2D eigenvalue weighted by Crippen LogP contribution is -2.33. The molecule has 1 heterocycles. The molecule has 1 aromatic heterocycles. The van der Waals surface area contributed by atoms with Crippen LogP contribution in [0.4, 0.5) is 10.3 Å². The number of hydrogen-bond donors (Lipinski definition) is 3. The molecule has 1 amide bonds. The lowest BCUT2D eigenvalue weighted by Gasteiger charge is -2.17. The first-order chi connectivity index (χ1) is 9.95. The van der Waals surface area contributed by atoms with Crippen molar-refractivity contribution in [3.8, 4) is 0 Å². The summed E-state index contributed by atoms with van der Waals surface area (Å²) in [5.74, 6) is -0.242. The predicted octanol–water partition coefficient (Wildman–Crippen LogP) is 1.88. The molecular formula is C13H16FN5OS. The molecular weight excluding hydrogens is 293 g/mol. The van der Waals surface area contributed by atoms with Gasteiger partial charge < -0.3 is 11.1 Å². The number of aromatic nitrogens is 3. The molecule has 112 valence electrons. The number of nitrogens with one attached hydrogen (secondary N) is 2. The molecule has 0 bridgehead atoms. The average molecular weight is 309 g/mol. The molecule has 0 unspecified atom stereocenters. The smallest absolute Gasteiger partial charge is 0.233 e. The Balaban J connectivity index is 1.92. The SMILES string of the molecule is C[C@H](Sc1n[nH]c(N)n1)C(=O)N[C@@H](C)c1ccc(F)cc1. The molecule has 0 radical (unpaired) electrons. The van der Waals surface area contributed by atoms with E-state index < -0.39 is 0 Å². The van der Waals surface area contributed by atoms with Gasteiger partial charge in [-0.2, -0.15) is 4.98 Å². The Hall–Kier alpha value is -2.09. The van der Waals surface area contributed by atoms with E-state index in [0.29, 0.717) is 5.16 Å². The molecule has 0 saturated heterocycles. The molecule has 0 fully saturated rings. The normalized spacial score (nSPS) is 13.7. The molecule has 4 N–H and O–H groups in total. The van der Waals surface area contributed by atoms with E-state index in [9.17, 15) is 9.18 Å². The second-order valence-corrected chi connectivity index (χ2v) is 5.85. The van der Waals surface area contributed by atoms with Crippen molar-refractivity contribution in [2.45, 2.75) is 30.3 Å². The highest BCUT2D eigenvalue weighted by Gasteiger charge is 2.19. The molecule has 0 aliphatic heterocycles. The van der Waals surface area contributed by atoms with Gasteiger partial charge in [0.15, 0.2) is 0 Å². The van der Waals surface area contributed by atoms with Crippen molar-refractivity contribution in [3.63, 3.8) is 0 Å². The van der Waals surface area contributed by atoms with Crippen LogP contribution in [0.25, 0.3) is 0 Å². The average Bonchev–Trinajstić information content (AvgIpc) is 2.84. The van der Waals surface area contributed by atoms with Crippen LogP contribution in [0.3, 0.4) is 0 Å². The zero-order valence-corrected chi connectivity index (χ0v) is 12.4. The minimum atomic E-state index is -0.372. The van der Waals surface area contributed by atoms with Gasteiger partial charge in [0.2, 0.25) is 17.0 Å². The number of halogens is 1. The van der Waals surface area contributed by atoms with Crippen molar-refractivity contribution >= 4 is 23.6 Å². The van der Waals surface area contributed by atoms with Crippen molar-refractivity contribution < 1.29 is 9.18 Å². The Morgan fingerprint density at radius 1 is 1.38 bits per heavy atom. The monoisotopic (exact) mass is 309 g/mol. The Kier molecular flexibility index (Phi) is 4.79. The number of carbonyl (C=O) groups excluding carboxylic acids is 1. The molecule has 2 rings (SSSR count). The first-order valence-electron chi connectivity index (χ1n) is 6.36. The number of carbonyl (C=O) groups is 1. The van der Waals surface area contributed by atoms with Crippen LogP contribution in [0, 0.1) is 5.82 Å². The van der Waals surface area contributed by atoms with E-state index in [2.05, 4.69) is 20.5 Å². The zero-order valence-electron chi connectivity index (χ0n) is 11.6. The van der Waals surface area contributed by atoms with E-state index >= 15 is 0 Å². The fraction of sp³-hybridized carbons (Fsp3) is 0.308. The Morgan fingerprint density at radius 2 is 2.05 bits per heavy atom. The van der Waals surface area contributed by atoms with Crippen LogP contribution >= 0.6 is 11.8 Å². The number of aromatic amines is 1. The van der Waals surface area contributed by atoms with Gasteiger partial charge in [-0.15, -0.1) is 5.10 Å². The number of thioether (sulfide) groups is 1. The number of nitrogens with two attached hydrogens (primary N) is 1. The van der Waals surface area contributed by atoms with Crippen LogP contribution in [-0.4, -0.2) is 26.3 Å². The number of rotatable bonds is 5. The van der Waals surface area contributed by atoms with Crippen LogP contribution in [0.2, 0.25) is 0 Å². The molecule has 1 aromatic carbocycles.